The molecule has 0 fully saturated rings. The minimum absolute atomic E-state index is 0.0241. The van der Waals surface area contributed by atoms with Crippen LogP contribution in [-0.2, 0) is 14.3 Å². The number of carbonyl (C=O) groups excluding carboxylic acids is 1. The largest absolute Gasteiger partial charge is 0.481 e. The highest BCUT2D eigenvalue weighted by Crippen LogP contribution is 2.20. The van der Waals surface area contributed by atoms with Crippen LogP contribution in [-0.4, -0.2) is 23.1 Å². The predicted molar refractivity (Wildman–Crippen MR) is 199 cm³/mol. The average molecular weight is 647 g/mol. The summed E-state index contributed by atoms with van der Waals surface area (Å²) in [5.74, 6) is -0.0633. The number of aliphatic carboxylic acids is 1. The van der Waals surface area contributed by atoms with Gasteiger partial charge in [0.2, 0.25) is 0 Å². The Balaban J connectivity index is 4.08. The molecule has 0 heterocycles. The van der Waals surface area contributed by atoms with E-state index in [0.29, 0.717) is 19.3 Å². The van der Waals surface area contributed by atoms with Crippen molar-refractivity contribution in [3.63, 3.8) is 0 Å². The molecule has 1 N–H and O–H groups in total. The summed E-state index contributed by atoms with van der Waals surface area (Å²) in [7, 11) is 0. The first-order valence-electron chi connectivity index (χ1n) is 20.2. The molecule has 0 amide bonds. The van der Waals surface area contributed by atoms with Crippen LogP contribution >= 0.6 is 0 Å². The number of carboxylic acid groups (broad SMARTS) is 1. The number of unbranched alkanes of at least 4 members (excludes halogenated alkanes) is 19. The van der Waals surface area contributed by atoms with Crippen molar-refractivity contribution in [1.29, 1.82) is 0 Å². The van der Waals surface area contributed by atoms with E-state index in [2.05, 4.69) is 45.1 Å². The van der Waals surface area contributed by atoms with Gasteiger partial charge in [-0.25, -0.2) is 0 Å². The second kappa shape index (κ2) is 36.3. The third-order valence-corrected chi connectivity index (χ3v) is 9.32. The van der Waals surface area contributed by atoms with E-state index in [4.69, 9.17) is 9.84 Å². The van der Waals surface area contributed by atoms with Crippen LogP contribution < -0.4 is 0 Å². The van der Waals surface area contributed by atoms with E-state index < -0.39 is 5.97 Å². The summed E-state index contributed by atoms with van der Waals surface area (Å²) in [4.78, 5) is 23.2. The lowest BCUT2D eigenvalue weighted by Crippen LogP contribution is -2.18. The summed E-state index contributed by atoms with van der Waals surface area (Å²) >= 11 is 0. The highest BCUT2D eigenvalue weighted by atomic mass is 16.5. The molecule has 2 atom stereocenters. The van der Waals surface area contributed by atoms with Gasteiger partial charge >= 0.3 is 11.9 Å². The van der Waals surface area contributed by atoms with Crippen molar-refractivity contribution >= 4 is 11.9 Å². The van der Waals surface area contributed by atoms with Gasteiger partial charge in [0.25, 0.3) is 0 Å². The van der Waals surface area contributed by atoms with Gasteiger partial charge in [0.1, 0.15) is 6.10 Å². The Labute approximate surface area is 287 Å². The number of carboxylic acids is 1. The van der Waals surface area contributed by atoms with Crippen LogP contribution in [0.3, 0.4) is 0 Å². The molecule has 4 heteroatoms. The van der Waals surface area contributed by atoms with Crippen LogP contribution in [0.4, 0.5) is 0 Å². The van der Waals surface area contributed by atoms with Crippen molar-refractivity contribution in [2.45, 2.75) is 226 Å². The van der Waals surface area contributed by atoms with Crippen LogP contribution in [0, 0.1) is 5.92 Å². The SMILES string of the molecule is CCCCC/C=C\C/C=C\CCCCCCCCC(CCCCCCCCC(C)CCCCCCC)OC(=O)CCCCC(=O)O. The molecule has 0 aromatic heterocycles. The van der Waals surface area contributed by atoms with Gasteiger partial charge in [-0.1, -0.05) is 161 Å². The molecule has 0 saturated carbocycles. The van der Waals surface area contributed by atoms with Gasteiger partial charge in [-0.05, 0) is 76.5 Å². The van der Waals surface area contributed by atoms with Crippen molar-refractivity contribution in [2.75, 3.05) is 0 Å². The number of rotatable bonds is 36. The van der Waals surface area contributed by atoms with Crippen LogP contribution in [0.15, 0.2) is 24.3 Å². The molecular weight excluding hydrogens is 568 g/mol. The maximum absolute atomic E-state index is 12.5. The zero-order valence-electron chi connectivity index (χ0n) is 31.1. The monoisotopic (exact) mass is 647 g/mol. The zero-order chi connectivity index (χ0) is 33.8. The highest BCUT2D eigenvalue weighted by molar-refractivity contribution is 5.70. The second-order valence-corrected chi connectivity index (χ2v) is 14.1. The molecule has 0 aromatic carbocycles. The Morgan fingerprint density at radius 1 is 0.522 bits per heavy atom. The molecule has 0 rings (SSSR count). The molecule has 0 saturated heterocycles. The number of hydrogen-bond acceptors (Lipinski definition) is 3. The molecule has 4 nitrogen and oxygen atoms in total. The number of hydrogen-bond donors (Lipinski definition) is 1. The lowest BCUT2D eigenvalue weighted by atomic mass is 9.96. The van der Waals surface area contributed by atoms with Gasteiger partial charge in [-0.15, -0.1) is 0 Å². The topological polar surface area (TPSA) is 63.6 Å². The molecule has 0 bridgehead atoms. The maximum Gasteiger partial charge on any atom is 0.306 e. The van der Waals surface area contributed by atoms with E-state index in [1.807, 2.05) is 0 Å². The van der Waals surface area contributed by atoms with Gasteiger partial charge in [0, 0.05) is 12.8 Å². The molecule has 2 unspecified atom stereocenters. The second-order valence-electron chi connectivity index (χ2n) is 14.1. The van der Waals surface area contributed by atoms with Crippen LogP contribution in [0.2, 0.25) is 0 Å². The van der Waals surface area contributed by atoms with E-state index in [-0.39, 0.29) is 18.5 Å². The van der Waals surface area contributed by atoms with Crippen LogP contribution in [0.5, 0.6) is 0 Å². The molecule has 270 valence electrons. The van der Waals surface area contributed by atoms with Gasteiger partial charge in [0.15, 0.2) is 0 Å². The Morgan fingerprint density at radius 3 is 1.46 bits per heavy atom. The maximum atomic E-state index is 12.5. The van der Waals surface area contributed by atoms with Crippen molar-refractivity contribution in [3.05, 3.63) is 24.3 Å². The Bertz CT molecular complexity index is 712. The minimum Gasteiger partial charge on any atom is -0.481 e. The molecule has 0 aliphatic rings. The first-order valence-corrected chi connectivity index (χ1v) is 20.2. The summed E-state index contributed by atoms with van der Waals surface area (Å²) < 4.78 is 5.91. The fourth-order valence-corrected chi connectivity index (χ4v) is 6.23. The number of esters is 1. The highest BCUT2D eigenvalue weighted by Gasteiger charge is 2.14. The van der Waals surface area contributed by atoms with Crippen molar-refractivity contribution in [3.8, 4) is 0 Å². The summed E-state index contributed by atoms with van der Waals surface area (Å²) in [6.45, 7) is 6.97. The van der Waals surface area contributed by atoms with Crippen molar-refractivity contribution in [2.24, 2.45) is 5.92 Å². The van der Waals surface area contributed by atoms with Gasteiger partial charge in [0.05, 0.1) is 0 Å². The molecule has 46 heavy (non-hydrogen) atoms. The Morgan fingerprint density at radius 2 is 0.935 bits per heavy atom. The van der Waals surface area contributed by atoms with E-state index in [1.54, 1.807) is 0 Å². The van der Waals surface area contributed by atoms with Gasteiger partial charge < -0.3 is 9.84 Å². The standard InChI is InChI=1S/C42H78O4/c1-4-6-8-10-11-12-13-14-15-16-17-18-19-20-25-29-35-40(46-42(45)38-32-31-37-41(43)44)36-30-26-22-21-24-28-34-39(3)33-27-23-9-7-5-2/h11-12,14-15,39-40H,4-10,13,16-38H2,1-3H3,(H,43,44)/b12-11-,15-14-. The predicted octanol–water partition coefficient (Wildman–Crippen LogP) is 13.9. The number of ether oxygens (including phenoxy) is 1. The fourth-order valence-electron chi connectivity index (χ4n) is 6.23. The van der Waals surface area contributed by atoms with E-state index in [9.17, 15) is 9.59 Å². The van der Waals surface area contributed by atoms with Gasteiger partial charge in [-0.2, -0.15) is 0 Å². The quantitative estimate of drug-likeness (QED) is 0.0418. The summed E-state index contributed by atoms with van der Waals surface area (Å²) in [5.41, 5.74) is 0. The fraction of sp³-hybridized carbons (Fsp3) is 0.857. The molecule has 0 spiro atoms. The smallest absolute Gasteiger partial charge is 0.306 e. The van der Waals surface area contributed by atoms with Crippen LogP contribution in [0.25, 0.3) is 0 Å². The van der Waals surface area contributed by atoms with Crippen molar-refractivity contribution < 1.29 is 19.4 Å². The third-order valence-electron chi connectivity index (χ3n) is 9.32. The average Bonchev–Trinajstić information content (AvgIpc) is 3.03. The molecule has 0 aliphatic carbocycles. The third kappa shape index (κ3) is 35.3. The lowest BCUT2D eigenvalue weighted by molar-refractivity contribution is -0.150. The number of carbonyl (C=O) groups is 2. The van der Waals surface area contributed by atoms with Crippen molar-refractivity contribution in [1.82, 2.24) is 0 Å². The molecular formula is C42H78O4. The summed E-state index contributed by atoms with van der Waals surface area (Å²) in [5, 5.41) is 8.84. The van der Waals surface area contributed by atoms with Crippen LogP contribution in [0.1, 0.15) is 220 Å². The lowest BCUT2D eigenvalue weighted by Gasteiger charge is -2.18. The normalized spacial score (nSPS) is 13.1. The van der Waals surface area contributed by atoms with E-state index in [1.165, 1.54) is 141 Å². The number of allylic oxidation sites excluding steroid dienone is 4. The first kappa shape index (κ1) is 44.4. The summed E-state index contributed by atoms with van der Waals surface area (Å²) in [6, 6.07) is 0. The zero-order valence-corrected chi connectivity index (χ0v) is 31.1. The minimum atomic E-state index is -0.795. The van der Waals surface area contributed by atoms with E-state index in [0.717, 1.165) is 38.0 Å². The van der Waals surface area contributed by atoms with E-state index >= 15 is 0 Å². The summed E-state index contributed by atoms with van der Waals surface area (Å²) in [6.07, 6.45) is 45.1. The first-order chi connectivity index (χ1) is 22.5. The molecule has 0 aromatic rings. The molecule has 0 aliphatic heterocycles. The Kier molecular flexibility index (Phi) is 35.0. The Hall–Kier alpha value is -1.58. The molecule has 0 radical (unpaired) electrons. The van der Waals surface area contributed by atoms with Gasteiger partial charge in [-0.3, -0.25) is 9.59 Å².